The monoisotopic (exact) mass is 288 g/mol. The summed E-state index contributed by atoms with van der Waals surface area (Å²) < 4.78 is 4.95. The Morgan fingerprint density at radius 2 is 2.43 bits per heavy atom. The number of methoxy groups -OCH3 is 1. The molecule has 21 heavy (non-hydrogen) atoms. The highest BCUT2D eigenvalue weighted by molar-refractivity contribution is 6.00. The maximum Gasteiger partial charge on any atom is 0.139 e. The number of aromatic nitrogens is 4. The van der Waals surface area contributed by atoms with E-state index >= 15 is 0 Å². The average molecular weight is 288 g/mol. The zero-order valence-corrected chi connectivity index (χ0v) is 11.6. The molecular formula is C13H16N6O2. The summed E-state index contributed by atoms with van der Waals surface area (Å²) in [5.74, 6) is 1.17. The molecule has 0 atom stereocenters. The first-order chi connectivity index (χ1) is 10.3. The van der Waals surface area contributed by atoms with E-state index in [9.17, 15) is 0 Å². The molecule has 8 nitrogen and oxygen atoms in total. The third-order valence-corrected chi connectivity index (χ3v) is 3.18. The first kappa shape index (κ1) is 13.5. The first-order valence-electron chi connectivity index (χ1n) is 6.55. The van der Waals surface area contributed by atoms with Crippen LogP contribution in [0.3, 0.4) is 0 Å². The zero-order valence-electron chi connectivity index (χ0n) is 11.6. The number of hydrogen-bond donors (Lipinski definition) is 4. The maximum absolute atomic E-state index is 9.00. The van der Waals surface area contributed by atoms with Gasteiger partial charge in [-0.15, -0.1) is 0 Å². The van der Waals surface area contributed by atoms with E-state index in [1.165, 1.54) is 0 Å². The second kappa shape index (κ2) is 5.90. The molecule has 3 aromatic heterocycles. The smallest absolute Gasteiger partial charge is 0.139 e. The number of fused-ring (bicyclic) bond motifs is 3. The lowest BCUT2D eigenvalue weighted by molar-refractivity contribution is 0.195. The third kappa shape index (κ3) is 2.71. The number of amidine groups is 1. The van der Waals surface area contributed by atoms with E-state index in [0.717, 1.165) is 22.1 Å². The summed E-state index contributed by atoms with van der Waals surface area (Å²) in [6.45, 7) is 0.827. The van der Waals surface area contributed by atoms with Crippen LogP contribution >= 0.6 is 0 Å². The number of imidazole rings is 1. The fourth-order valence-corrected chi connectivity index (χ4v) is 2.14. The quantitative estimate of drug-likeness (QED) is 0.322. The van der Waals surface area contributed by atoms with Crippen molar-refractivity contribution in [1.82, 2.24) is 25.4 Å². The highest BCUT2D eigenvalue weighted by Crippen LogP contribution is 2.20. The van der Waals surface area contributed by atoms with Crippen molar-refractivity contribution in [3.8, 4) is 0 Å². The topological polar surface area (TPSA) is 111 Å². The third-order valence-electron chi connectivity index (χ3n) is 3.18. The van der Waals surface area contributed by atoms with E-state index in [4.69, 9.17) is 9.94 Å². The molecular weight excluding hydrogens is 272 g/mol. The number of pyridine rings is 1. The van der Waals surface area contributed by atoms with Crippen LogP contribution in [0.15, 0.2) is 23.5 Å². The predicted octanol–water partition coefficient (Wildman–Crippen LogP) is 1.35. The van der Waals surface area contributed by atoms with E-state index in [0.29, 0.717) is 31.2 Å². The maximum atomic E-state index is 9.00. The number of hydrogen-bond acceptors (Lipinski definition) is 5. The summed E-state index contributed by atoms with van der Waals surface area (Å²) in [5.41, 5.74) is 4.61. The van der Waals surface area contributed by atoms with Crippen LogP contribution in [0.25, 0.3) is 22.1 Å². The van der Waals surface area contributed by atoms with Gasteiger partial charge in [-0.05, 0) is 6.07 Å². The van der Waals surface area contributed by atoms with E-state index in [-0.39, 0.29) is 0 Å². The van der Waals surface area contributed by atoms with Crippen molar-refractivity contribution in [3.05, 3.63) is 24.3 Å². The van der Waals surface area contributed by atoms with Gasteiger partial charge >= 0.3 is 0 Å². The van der Waals surface area contributed by atoms with Gasteiger partial charge in [0.1, 0.15) is 22.8 Å². The molecule has 4 N–H and O–H groups in total. The van der Waals surface area contributed by atoms with Crippen molar-refractivity contribution in [3.63, 3.8) is 0 Å². The van der Waals surface area contributed by atoms with Crippen LogP contribution in [0.5, 0.6) is 0 Å². The SMILES string of the molecule is COCCC(=NCc1nc2c(cnc3[nH]ccc32)[nH]1)NO. The Morgan fingerprint density at radius 1 is 1.52 bits per heavy atom. The van der Waals surface area contributed by atoms with Crippen LogP contribution in [0.1, 0.15) is 12.2 Å². The van der Waals surface area contributed by atoms with E-state index in [2.05, 4.69) is 30.4 Å². The lowest BCUT2D eigenvalue weighted by Gasteiger charge is -2.02. The van der Waals surface area contributed by atoms with Gasteiger partial charge < -0.3 is 14.7 Å². The summed E-state index contributed by atoms with van der Waals surface area (Å²) in [5, 5.41) is 9.97. The van der Waals surface area contributed by atoms with Crippen molar-refractivity contribution in [1.29, 1.82) is 0 Å². The zero-order chi connectivity index (χ0) is 14.7. The molecule has 8 heteroatoms. The second-order valence-electron chi connectivity index (χ2n) is 4.56. The molecule has 0 saturated heterocycles. The van der Waals surface area contributed by atoms with Crippen LogP contribution < -0.4 is 5.48 Å². The number of aromatic amines is 2. The van der Waals surface area contributed by atoms with Crippen molar-refractivity contribution in [2.75, 3.05) is 13.7 Å². The van der Waals surface area contributed by atoms with Gasteiger partial charge in [0, 0.05) is 25.1 Å². The number of H-pyrrole nitrogens is 2. The molecule has 3 aromatic rings. The molecule has 0 aliphatic rings. The fourth-order valence-electron chi connectivity index (χ4n) is 2.14. The lowest BCUT2D eigenvalue weighted by Crippen LogP contribution is -2.21. The first-order valence-corrected chi connectivity index (χ1v) is 6.55. The Balaban J connectivity index is 1.85. The number of rotatable bonds is 5. The van der Waals surface area contributed by atoms with Gasteiger partial charge in [0.05, 0.1) is 24.9 Å². The number of nitrogens with one attached hydrogen (secondary N) is 3. The fraction of sp³-hybridized carbons (Fsp3) is 0.308. The Labute approximate surface area is 120 Å². The number of nitrogens with zero attached hydrogens (tertiary/aromatic N) is 3. The van der Waals surface area contributed by atoms with Crippen LogP contribution in [-0.4, -0.2) is 44.7 Å². The predicted molar refractivity (Wildman–Crippen MR) is 78.3 cm³/mol. The molecule has 0 aromatic carbocycles. The molecule has 3 heterocycles. The number of hydroxylamine groups is 1. The minimum Gasteiger partial charge on any atom is -0.384 e. The summed E-state index contributed by atoms with van der Waals surface area (Å²) in [4.78, 5) is 19.3. The summed E-state index contributed by atoms with van der Waals surface area (Å²) >= 11 is 0. The van der Waals surface area contributed by atoms with Gasteiger partial charge in [-0.25, -0.2) is 9.97 Å². The van der Waals surface area contributed by atoms with Crippen LogP contribution in [0.4, 0.5) is 0 Å². The van der Waals surface area contributed by atoms with Crippen molar-refractivity contribution < 1.29 is 9.94 Å². The lowest BCUT2D eigenvalue weighted by atomic mass is 10.3. The molecule has 0 unspecified atom stereocenters. The van der Waals surface area contributed by atoms with E-state index < -0.39 is 0 Å². The van der Waals surface area contributed by atoms with E-state index in [1.54, 1.807) is 13.3 Å². The number of aliphatic imine (C=N–C) groups is 1. The Morgan fingerprint density at radius 3 is 3.24 bits per heavy atom. The van der Waals surface area contributed by atoms with Gasteiger partial charge in [0.2, 0.25) is 0 Å². The van der Waals surface area contributed by atoms with Crippen LogP contribution in [0.2, 0.25) is 0 Å². The molecule has 0 amide bonds. The van der Waals surface area contributed by atoms with Crippen LogP contribution in [-0.2, 0) is 11.3 Å². The highest BCUT2D eigenvalue weighted by Gasteiger charge is 2.08. The molecule has 0 fully saturated rings. The van der Waals surface area contributed by atoms with Gasteiger partial charge in [-0.2, -0.15) is 0 Å². The normalized spacial score (nSPS) is 12.4. The highest BCUT2D eigenvalue weighted by atomic mass is 16.5. The molecule has 0 bridgehead atoms. The summed E-state index contributed by atoms with van der Waals surface area (Å²) in [6.07, 6.45) is 4.09. The molecule has 0 spiro atoms. The van der Waals surface area contributed by atoms with Gasteiger partial charge in [0.15, 0.2) is 0 Å². The number of ether oxygens (including phenoxy) is 1. The Hall–Kier alpha value is -2.45. The van der Waals surface area contributed by atoms with Crippen molar-refractivity contribution in [2.45, 2.75) is 13.0 Å². The Bertz CT molecular complexity index is 775. The minimum atomic E-state index is 0.340. The molecule has 0 aliphatic carbocycles. The molecule has 3 rings (SSSR count). The second-order valence-corrected chi connectivity index (χ2v) is 4.56. The molecule has 0 radical (unpaired) electrons. The average Bonchev–Trinajstić information content (AvgIpc) is 3.12. The molecule has 110 valence electrons. The summed E-state index contributed by atoms with van der Waals surface area (Å²) in [6, 6.07) is 1.94. The van der Waals surface area contributed by atoms with Crippen LogP contribution in [0, 0.1) is 0 Å². The Kier molecular flexibility index (Phi) is 3.80. The van der Waals surface area contributed by atoms with Gasteiger partial charge in [-0.1, -0.05) is 0 Å². The van der Waals surface area contributed by atoms with E-state index in [1.807, 2.05) is 12.3 Å². The molecule has 0 aliphatic heterocycles. The largest absolute Gasteiger partial charge is 0.384 e. The van der Waals surface area contributed by atoms with Gasteiger partial charge in [-0.3, -0.25) is 15.7 Å². The standard InChI is InChI=1S/C13H16N6O2/c1-21-5-3-10(19-20)15-7-11-17-9-6-16-13-8(2-4-14-13)12(9)18-11/h2,4,6,20H,3,5,7H2,1H3,(H,14,16)(H,15,19)(H,17,18). The van der Waals surface area contributed by atoms with Crippen molar-refractivity contribution >= 4 is 27.9 Å². The van der Waals surface area contributed by atoms with Crippen molar-refractivity contribution in [2.24, 2.45) is 4.99 Å². The molecule has 0 saturated carbocycles. The minimum absolute atomic E-state index is 0.340. The summed E-state index contributed by atoms with van der Waals surface area (Å²) in [7, 11) is 1.60. The van der Waals surface area contributed by atoms with Gasteiger partial charge in [0.25, 0.3) is 0 Å².